The van der Waals surface area contributed by atoms with Gasteiger partial charge in [0.05, 0.1) is 25.0 Å². The Labute approximate surface area is 146 Å². The standard InChI is InChI=1S/C19H21N3O3/c23-12-17(15-6-7-15)22(10-14-4-2-1-3-5-14)11-18-20-19(25-21-18)16-8-9-24-13-16/h1-5,8-9,13,15,17,23H,6-7,10-12H2. The molecule has 2 aromatic heterocycles. The summed E-state index contributed by atoms with van der Waals surface area (Å²) < 4.78 is 10.4. The fourth-order valence-corrected chi connectivity index (χ4v) is 3.16. The average Bonchev–Trinajstić information content (AvgIpc) is 3.12. The molecule has 1 saturated carbocycles. The second-order valence-corrected chi connectivity index (χ2v) is 6.51. The first kappa shape index (κ1) is 16.1. The first-order chi connectivity index (χ1) is 12.3. The van der Waals surface area contributed by atoms with Crippen molar-refractivity contribution in [2.75, 3.05) is 6.61 Å². The molecule has 130 valence electrons. The number of aliphatic hydroxyl groups is 1. The van der Waals surface area contributed by atoms with Crippen molar-refractivity contribution in [2.24, 2.45) is 5.92 Å². The van der Waals surface area contributed by atoms with E-state index in [0.717, 1.165) is 12.1 Å². The van der Waals surface area contributed by atoms with Crippen molar-refractivity contribution in [1.82, 2.24) is 15.0 Å². The lowest BCUT2D eigenvalue weighted by Gasteiger charge is -2.29. The predicted molar refractivity (Wildman–Crippen MR) is 91.3 cm³/mol. The SMILES string of the molecule is OCC(C1CC1)N(Cc1ccccc1)Cc1noc(-c2ccoc2)n1. The van der Waals surface area contributed by atoms with E-state index >= 15 is 0 Å². The number of benzene rings is 1. The molecular weight excluding hydrogens is 318 g/mol. The van der Waals surface area contributed by atoms with Gasteiger partial charge in [0.2, 0.25) is 0 Å². The number of hydrogen-bond acceptors (Lipinski definition) is 6. The fraction of sp³-hybridized carbons (Fsp3) is 0.368. The Morgan fingerprint density at radius 3 is 2.68 bits per heavy atom. The summed E-state index contributed by atoms with van der Waals surface area (Å²) in [5.74, 6) is 1.62. The van der Waals surface area contributed by atoms with Gasteiger partial charge in [0, 0.05) is 12.6 Å². The van der Waals surface area contributed by atoms with Gasteiger partial charge in [0.1, 0.15) is 6.26 Å². The topological polar surface area (TPSA) is 75.5 Å². The molecule has 0 amide bonds. The van der Waals surface area contributed by atoms with E-state index in [1.165, 1.54) is 18.4 Å². The van der Waals surface area contributed by atoms with E-state index in [2.05, 4.69) is 27.2 Å². The van der Waals surface area contributed by atoms with Crippen LogP contribution in [0, 0.1) is 5.92 Å². The van der Waals surface area contributed by atoms with Crippen LogP contribution in [0.1, 0.15) is 24.2 Å². The second kappa shape index (κ2) is 7.21. The Morgan fingerprint density at radius 2 is 2.00 bits per heavy atom. The first-order valence-corrected chi connectivity index (χ1v) is 8.57. The van der Waals surface area contributed by atoms with Gasteiger partial charge < -0.3 is 14.0 Å². The highest BCUT2D eigenvalue weighted by Crippen LogP contribution is 2.36. The van der Waals surface area contributed by atoms with E-state index in [-0.39, 0.29) is 12.6 Å². The maximum atomic E-state index is 9.90. The van der Waals surface area contributed by atoms with Crippen molar-refractivity contribution in [3.05, 3.63) is 60.3 Å². The third-order valence-electron chi connectivity index (χ3n) is 4.63. The molecule has 3 aromatic rings. The molecule has 1 aliphatic rings. The molecule has 4 rings (SSSR count). The summed E-state index contributed by atoms with van der Waals surface area (Å²) in [7, 11) is 0. The van der Waals surface area contributed by atoms with Crippen LogP contribution in [0.4, 0.5) is 0 Å². The Bertz CT molecular complexity index is 781. The van der Waals surface area contributed by atoms with Crippen molar-refractivity contribution in [1.29, 1.82) is 0 Å². The molecule has 1 atom stereocenters. The zero-order chi connectivity index (χ0) is 17.1. The summed E-state index contributed by atoms with van der Waals surface area (Å²) >= 11 is 0. The molecule has 0 saturated heterocycles. The highest BCUT2D eigenvalue weighted by Gasteiger charge is 2.35. The summed E-state index contributed by atoms with van der Waals surface area (Å²) in [6.07, 6.45) is 5.50. The molecule has 2 heterocycles. The smallest absolute Gasteiger partial charge is 0.261 e. The number of rotatable bonds is 8. The summed E-state index contributed by atoms with van der Waals surface area (Å²) in [6, 6.07) is 12.2. The van der Waals surface area contributed by atoms with Gasteiger partial charge in [-0.2, -0.15) is 4.98 Å². The highest BCUT2D eigenvalue weighted by molar-refractivity contribution is 5.49. The van der Waals surface area contributed by atoms with E-state index in [4.69, 9.17) is 8.94 Å². The lowest BCUT2D eigenvalue weighted by Crippen LogP contribution is -2.39. The van der Waals surface area contributed by atoms with Crippen LogP contribution in [0.25, 0.3) is 11.5 Å². The Hall–Kier alpha value is -2.44. The molecule has 6 nitrogen and oxygen atoms in total. The quantitative estimate of drug-likeness (QED) is 0.680. The van der Waals surface area contributed by atoms with E-state index in [9.17, 15) is 5.11 Å². The van der Waals surface area contributed by atoms with Gasteiger partial charge >= 0.3 is 0 Å². The molecule has 0 radical (unpaired) electrons. The van der Waals surface area contributed by atoms with Crippen LogP contribution < -0.4 is 0 Å². The molecule has 0 spiro atoms. The van der Waals surface area contributed by atoms with Gasteiger partial charge in [-0.05, 0) is 30.4 Å². The highest BCUT2D eigenvalue weighted by atomic mass is 16.5. The average molecular weight is 339 g/mol. The summed E-state index contributed by atoms with van der Waals surface area (Å²) in [4.78, 5) is 6.72. The Balaban J connectivity index is 1.53. The predicted octanol–water partition coefficient (Wildman–Crippen LogP) is 3.10. The van der Waals surface area contributed by atoms with Crippen LogP contribution in [-0.4, -0.2) is 32.8 Å². The lowest BCUT2D eigenvalue weighted by molar-refractivity contribution is 0.0914. The minimum absolute atomic E-state index is 0.121. The zero-order valence-electron chi connectivity index (χ0n) is 13.9. The molecule has 1 aliphatic carbocycles. The molecule has 1 N–H and O–H groups in total. The zero-order valence-corrected chi connectivity index (χ0v) is 13.9. The van der Waals surface area contributed by atoms with Crippen molar-refractivity contribution in [2.45, 2.75) is 32.0 Å². The third kappa shape index (κ3) is 3.81. The van der Waals surface area contributed by atoms with Gasteiger partial charge in [-0.1, -0.05) is 35.5 Å². The lowest BCUT2D eigenvalue weighted by atomic mass is 10.1. The Morgan fingerprint density at radius 1 is 1.16 bits per heavy atom. The fourth-order valence-electron chi connectivity index (χ4n) is 3.16. The van der Waals surface area contributed by atoms with Gasteiger partial charge in [-0.15, -0.1) is 0 Å². The third-order valence-corrected chi connectivity index (χ3v) is 4.63. The molecule has 0 aliphatic heterocycles. The summed E-state index contributed by atoms with van der Waals surface area (Å²) in [5, 5.41) is 14.0. The molecule has 1 aromatic carbocycles. The van der Waals surface area contributed by atoms with Crippen LogP contribution in [0.15, 0.2) is 57.9 Å². The second-order valence-electron chi connectivity index (χ2n) is 6.51. The number of hydrogen-bond donors (Lipinski definition) is 1. The van der Waals surface area contributed by atoms with E-state index in [1.54, 1.807) is 18.6 Å². The van der Waals surface area contributed by atoms with Crippen molar-refractivity contribution < 1.29 is 14.0 Å². The molecular formula is C19H21N3O3. The van der Waals surface area contributed by atoms with E-state index in [1.807, 2.05) is 18.2 Å². The number of nitrogens with zero attached hydrogens (tertiary/aromatic N) is 3. The van der Waals surface area contributed by atoms with Crippen LogP contribution >= 0.6 is 0 Å². The number of aromatic nitrogens is 2. The Kier molecular flexibility index (Phi) is 4.63. The molecule has 6 heteroatoms. The first-order valence-electron chi connectivity index (χ1n) is 8.57. The number of furan rings is 1. The van der Waals surface area contributed by atoms with Gasteiger partial charge in [-0.3, -0.25) is 4.90 Å². The molecule has 1 fully saturated rings. The largest absolute Gasteiger partial charge is 0.472 e. The van der Waals surface area contributed by atoms with E-state index in [0.29, 0.717) is 24.2 Å². The van der Waals surface area contributed by atoms with Crippen LogP contribution in [0.3, 0.4) is 0 Å². The van der Waals surface area contributed by atoms with Gasteiger partial charge in [0.25, 0.3) is 5.89 Å². The van der Waals surface area contributed by atoms with Crippen molar-refractivity contribution in [3.8, 4) is 11.5 Å². The minimum Gasteiger partial charge on any atom is -0.472 e. The minimum atomic E-state index is 0.121. The van der Waals surface area contributed by atoms with Crippen LogP contribution in [-0.2, 0) is 13.1 Å². The maximum absolute atomic E-state index is 9.90. The molecule has 1 unspecified atom stereocenters. The summed E-state index contributed by atoms with van der Waals surface area (Å²) in [5.41, 5.74) is 1.98. The summed E-state index contributed by atoms with van der Waals surface area (Å²) in [6.45, 7) is 1.43. The maximum Gasteiger partial charge on any atom is 0.261 e. The number of aliphatic hydroxyl groups excluding tert-OH is 1. The van der Waals surface area contributed by atoms with Crippen LogP contribution in [0.2, 0.25) is 0 Å². The van der Waals surface area contributed by atoms with Gasteiger partial charge in [0.15, 0.2) is 5.82 Å². The molecule has 25 heavy (non-hydrogen) atoms. The normalized spacial score (nSPS) is 15.6. The van der Waals surface area contributed by atoms with Crippen molar-refractivity contribution >= 4 is 0 Å². The monoisotopic (exact) mass is 339 g/mol. The van der Waals surface area contributed by atoms with Crippen LogP contribution in [0.5, 0.6) is 0 Å². The van der Waals surface area contributed by atoms with Crippen molar-refractivity contribution in [3.63, 3.8) is 0 Å². The molecule has 0 bridgehead atoms. The van der Waals surface area contributed by atoms with Gasteiger partial charge in [-0.25, -0.2) is 0 Å². The van der Waals surface area contributed by atoms with E-state index < -0.39 is 0 Å².